The number of likely N-dealkylation sites (N-methyl/N-ethyl adjacent to an activating group) is 1. The molecule has 19 heavy (non-hydrogen) atoms. The number of benzene rings is 1. The van der Waals surface area contributed by atoms with E-state index in [0.717, 1.165) is 6.42 Å². The number of para-hydroxylation sites is 1. The number of nitrogens with zero attached hydrogens (tertiary/aromatic N) is 1. The van der Waals surface area contributed by atoms with E-state index in [0.29, 0.717) is 12.3 Å². The quantitative estimate of drug-likeness (QED) is 0.789. The van der Waals surface area contributed by atoms with E-state index in [2.05, 4.69) is 0 Å². The number of rotatable bonds is 3. The average Bonchev–Trinajstić information content (AvgIpc) is 2.73. The molecule has 2 rings (SSSR count). The molecule has 2 atom stereocenters. The third-order valence-electron chi connectivity index (χ3n) is 3.56. The zero-order valence-corrected chi connectivity index (χ0v) is 11.9. The van der Waals surface area contributed by atoms with Crippen molar-refractivity contribution in [3.63, 3.8) is 0 Å². The Bertz CT molecular complexity index is 574. The van der Waals surface area contributed by atoms with Gasteiger partial charge in [0.2, 0.25) is 10.0 Å². The van der Waals surface area contributed by atoms with Crippen LogP contribution in [0.3, 0.4) is 0 Å². The highest BCUT2D eigenvalue weighted by Gasteiger charge is 2.29. The van der Waals surface area contributed by atoms with Crippen LogP contribution in [0.25, 0.3) is 0 Å². The lowest BCUT2D eigenvalue weighted by Gasteiger charge is -2.30. The molecule has 6 nitrogen and oxygen atoms in total. The van der Waals surface area contributed by atoms with Crippen LogP contribution >= 0.6 is 0 Å². The Morgan fingerprint density at radius 2 is 2.11 bits per heavy atom. The van der Waals surface area contributed by atoms with Crippen LogP contribution in [0.5, 0.6) is 0 Å². The van der Waals surface area contributed by atoms with E-state index in [1.165, 1.54) is 6.07 Å². The summed E-state index contributed by atoms with van der Waals surface area (Å²) in [4.78, 5) is 1.92. The monoisotopic (exact) mass is 285 g/mol. The van der Waals surface area contributed by atoms with Gasteiger partial charge in [0.1, 0.15) is 4.90 Å². The van der Waals surface area contributed by atoms with Crippen molar-refractivity contribution in [3.05, 3.63) is 18.2 Å². The van der Waals surface area contributed by atoms with Crippen LogP contribution in [0.2, 0.25) is 0 Å². The van der Waals surface area contributed by atoms with E-state index in [4.69, 9.17) is 15.6 Å². The summed E-state index contributed by atoms with van der Waals surface area (Å²) in [6.45, 7) is 2.69. The molecule has 106 valence electrons. The summed E-state index contributed by atoms with van der Waals surface area (Å²) < 4.78 is 28.5. The van der Waals surface area contributed by atoms with Gasteiger partial charge in [-0.05, 0) is 25.5 Å². The molecule has 2 unspecified atom stereocenters. The molecular weight excluding hydrogens is 266 g/mol. The maximum atomic E-state index is 11.5. The highest BCUT2D eigenvalue weighted by atomic mass is 32.2. The maximum Gasteiger partial charge on any atom is 0.240 e. The van der Waals surface area contributed by atoms with Crippen molar-refractivity contribution in [2.75, 3.05) is 24.3 Å². The molecule has 0 aromatic heterocycles. The molecule has 0 bridgehead atoms. The first-order chi connectivity index (χ1) is 8.82. The second-order valence-corrected chi connectivity index (χ2v) is 6.31. The Kier molecular flexibility index (Phi) is 3.71. The number of nitrogens with two attached hydrogens (primary N) is 2. The van der Waals surface area contributed by atoms with Crippen LogP contribution in [0, 0.1) is 0 Å². The predicted octanol–water partition coefficient (Wildman–Crippen LogP) is 0.530. The van der Waals surface area contributed by atoms with Crippen LogP contribution in [0.15, 0.2) is 23.1 Å². The van der Waals surface area contributed by atoms with E-state index in [1.807, 2.05) is 18.9 Å². The van der Waals surface area contributed by atoms with Gasteiger partial charge >= 0.3 is 0 Å². The molecule has 1 aliphatic rings. The molecule has 1 aromatic carbocycles. The smallest absolute Gasteiger partial charge is 0.240 e. The number of primary sulfonamides is 1. The zero-order valence-electron chi connectivity index (χ0n) is 11.0. The third-order valence-corrected chi connectivity index (χ3v) is 4.53. The summed E-state index contributed by atoms with van der Waals surface area (Å²) in [6.07, 6.45) is 0.971. The summed E-state index contributed by atoms with van der Waals surface area (Å²) in [5, 5.41) is 5.16. The number of ether oxygens (including phenoxy) is 1. The summed E-state index contributed by atoms with van der Waals surface area (Å²) in [5.41, 5.74) is 6.79. The number of hydrogen-bond donors (Lipinski definition) is 2. The van der Waals surface area contributed by atoms with E-state index in [1.54, 1.807) is 12.1 Å². The van der Waals surface area contributed by atoms with Crippen molar-refractivity contribution in [2.45, 2.75) is 30.4 Å². The average molecular weight is 285 g/mol. The van der Waals surface area contributed by atoms with Crippen LogP contribution in [0.1, 0.15) is 13.3 Å². The third kappa shape index (κ3) is 2.68. The topological polar surface area (TPSA) is 98.6 Å². The fraction of sp³-hybridized carbons (Fsp3) is 0.500. The SMILES string of the molecule is CC1OCCC1N(C)c1cccc(S(N)(=O)=O)c1N. The molecule has 1 heterocycles. The maximum absolute atomic E-state index is 11.5. The molecule has 1 fully saturated rings. The highest BCUT2D eigenvalue weighted by molar-refractivity contribution is 7.89. The minimum absolute atomic E-state index is 0.0385. The fourth-order valence-electron chi connectivity index (χ4n) is 2.50. The first-order valence-corrected chi connectivity index (χ1v) is 7.62. The predicted molar refractivity (Wildman–Crippen MR) is 74.4 cm³/mol. The lowest BCUT2D eigenvalue weighted by molar-refractivity contribution is 0.118. The van der Waals surface area contributed by atoms with Crippen LogP contribution < -0.4 is 15.8 Å². The van der Waals surface area contributed by atoms with Gasteiger partial charge in [0.15, 0.2) is 0 Å². The molecule has 0 aliphatic carbocycles. The van der Waals surface area contributed by atoms with Crippen LogP contribution in [-0.2, 0) is 14.8 Å². The van der Waals surface area contributed by atoms with Crippen LogP contribution in [-0.4, -0.2) is 34.2 Å². The van der Waals surface area contributed by atoms with Gasteiger partial charge in [-0.1, -0.05) is 6.07 Å². The molecular formula is C12H19N3O3S. The fourth-order valence-corrected chi connectivity index (χ4v) is 3.18. The molecule has 1 aromatic rings. The molecule has 0 saturated carbocycles. The number of nitrogen functional groups attached to an aromatic ring is 1. The Morgan fingerprint density at radius 3 is 2.63 bits per heavy atom. The molecule has 0 radical (unpaired) electrons. The lowest BCUT2D eigenvalue weighted by atomic mass is 10.1. The van der Waals surface area contributed by atoms with Gasteiger partial charge in [0, 0.05) is 13.7 Å². The first kappa shape index (κ1) is 14.1. The number of anilines is 2. The molecule has 4 N–H and O–H groups in total. The van der Waals surface area contributed by atoms with Crippen molar-refractivity contribution >= 4 is 21.4 Å². The standard InChI is InChI=1S/C12H19N3O3S/c1-8-9(6-7-18-8)15(2)10-4-3-5-11(12(10)13)19(14,16)17/h3-5,8-9H,6-7,13H2,1-2H3,(H2,14,16,17). The summed E-state index contributed by atoms with van der Waals surface area (Å²) >= 11 is 0. The van der Waals surface area contributed by atoms with Gasteiger partial charge in [0.25, 0.3) is 0 Å². The van der Waals surface area contributed by atoms with Crippen molar-refractivity contribution in [2.24, 2.45) is 5.14 Å². The van der Waals surface area contributed by atoms with Gasteiger partial charge in [-0.3, -0.25) is 0 Å². The molecule has 0 amide bonds. The minimum Gasteiger partial charge on any atom is -0.396 e. The Labute approximate surface area is 113 Å². The second kappa shape index (κ2) is 4.99. The van der Waals surface area contributed by atoms with Gasteiger partial charge in [-0.2, -0.15) is 0 Å². The Morgan fingerprint density at radius 1 is 1.42 bits per heavy atom. The highest BCUT2D eigenvalue weighted by Crippen LogP contribution is 2.32. The van der Waals surface area contributed by atoms with Crippen molar-refractivity contribution in [3.8, 4) is 0 Å². The Balaban J connectivity index is 2.40. The van der Waals surface area contributed by atoms with Gasteiger partial charge in [-0.15, -0.1) is 0 Å². The number of sulfonamides is 1. The molecule has 1 saturated heterocycles. The van der Waals surface area contributed by atoms with Gasteiger partial charge < -0.3 is 15.4 Å². The van der Waals surface area contributed by atoms with Crippen molar-refractivity contribution < 1.29 is 13.2 Å². The molecule has 7 heteroatoms. The van der Waals surface area contributed by atoms with E-state index in [9.17, 15) is 8.42 Å². The largest absolute Gasteiger partial charge is 0.396 e. The van der Waals surface area contributed by atoms with Crippen LogP contribution in [0.4, 0.5) is 11.4 Å². The summed E-state index contributed by atoms with van der Waals surface area (Å²) in [6, 6.07) is 5.02. The Hall–Kier alpha value is -1.31. The van der Waals surface area contributed by atoms with Crippen molar-refractivity contribution in [1.82, 2.24) is 0 Å². The number of hydrogen-bond acceptors (Lipinski definition) is 5. The van der Waals surface area contributed by atoms with E-state index >= 15 is 0 Å². The summed E-state index contributed by atoms with van der Waals surface area (Å²) in [7, 11) is -1.93. The lowest BCUT2D eigenvalue weighted by Crippen LogP contribution is -2.37. The van der Waals surface area contributed by atoms with Gasteiger partial charge in [0.05, 0.1) is 23.5 Å². The minimum atomic E-state index is -3.81. The first-order valence-electron chi connectivity index (χ1n) is 6.08. The van der Waals surface area contributed by atoms with Gasteiger partial charge in [-0.25, -0.2) is 13.6 Å². The normalized spacial score (nSPS) is 23.5. The summed E-state index contributed by atoms with van der Waals surface area (Å²) in [5.74, 6) is 0. The molecule has 0 spiro atoms. The van der Waals surface area contributed by atoms with E-state index < -0.39 is 10.0 Å². The zero-order chi connectivity index (χ0) is 14.2. The molecule has 1 aliphatic heterocycles. The van der Waals surface area contributed by atoms with E-state index in [-0.39, 0.29) is 22.7 Å². The second-order valence-electron chi connectivity index (χ2n) is 4.78. The van der Waals surface area contributed by atoms with Crippen molar-refractivity contribution in [1.29, 1.82) is 0 Å².